The fourth-order valence-corrected chi connectivity index (χ4v) is 13.2. The Morgan fingerprint density at radius 2 is 1.18 bits per heavy atom. The zero-order valence-electron chi connectivity index (χ0n) is 40.3. The highest BCUT2D eigenvalue weighted by atomic mass is 16.5. The molecule has 0 spiro atoms. The van der Waals surface area contributed by atoms with Gasteiger partial charge in [-0.05, 0) is 147 Å². The molecule has 3 aliphatic rings. The number of hydrogen-bond acceptors (Lipinski definition) is 1. The summed E-state index contributed by atoms with van der Waals surface area (Å²) >= 11 is 0. The molecule has 0 bridgehead atoms. The summed E-state index contributed by atoms with van der Waals surface area (Å²) in [5.74, 6) is 1.31. The zero-order valence-corrected chi connectivity index (χ0v) is 40.3. The minimum atomic E-state index is -0.504. The molecule has 1 unspecified atom stereocenters. The fourth-order valence-electron chi connectivity index (χ4n) is 13.2. The van der Waals surface area contributed by atoms with Gasteiger partial charge in [-0.1, -0.05) is 175 Å². The van der Waals surface area contributed by atoms with Crippen molar-refractivity contribution in [2.24, 2.45) is 10.8 Å². The van der Waals surface area contributed by atoms with Gasteiger partial charge in [-0.25, -0.2) is 0 Å². The Labute approximate surface area is 401 Å². The van der Waals surface area contributed by atoms with Crippen LogP contribution in [0.4, 0.5) is 0 Å². The van der Waals surface area contributed by atoms with Gasteiger partial charge in [0.25, 0.3) is 0 Å². The van der Waals surface area contributed by atoms with Crippen molar-refractivity contribution in [3.8, 4) is 11.4 Å². The van der Waals surface area contributed by atoms with Crippen LogP contribution >= 0.6 is 0 Å². The van der Waals surface area contributed by atoms with Crippen molar-refractivity contribution in [3.63, 3.8) is 0 Å². The first-order valence-corrected chi connectivity index (χ1v) is 24.7. The minimum Gasteiger partial charge on any atom is -0.489 e. The Morgan fingerprint density at radius 3 is 1.84 bits per heavy atom. The molecule has 3 heteroatoms. The third-order valence-corrected chi connectivity index (χ3v) is 15.3. The van der Waals surface area contributed by atoms with Gasteiger partial charge < -0.3 is 13.9 Å². The zero-order chi connectivity index (χ0) is 46.4. The van der Waals surface area contributed by atoms with Crippen LogP contribution < -0.4 is 4.74 Å². The van der Waals surface area contributed by atoms with Gasteiger partial charge in [0.15, 0.2) is 0 Å². The highest BCUT2D eigenvalue weighted by molar-refractivity contribution is 6.10. The molecule has 0 amide bonds. The molecule has 7 aromatic carbocycles. The maximum Gasteiger partial charge on any atom is 0.119 e. The predicted octanol–water partition coefficient (Wildman–Crippen LogP) is 16.9. The van der Waals surface area contributed by atoms with Crippen molar-refractivity contribution in [1.82, 2.24) is 9.13 Å². The first kappa shape index (κ1) is 42.3. The smallest absolute Gasteiger partial charge is 0.119 e. The lowest BCUT2D eigenvalue weighted by atomic mass is 9.63. The highest BCUT2D eigenvalue weighted by Gasteiger charge is 2.48. The summed E-state index contributed by atoms with van der Waals surface area (Å²) in [7, 11) is 0. The number of fused-ring (bicyclic) bond motifs is 8. The molecule has 0 saturated heterocycles. The number of allylic oxidation sites excluding steroid dienone is 5. The summed E-state index contributed by atoms with van der Waals surface area (Å²) in [6, 6.07) is 63.6. The van der Waals surface area contributed by atoms with E-state index in [9.17, 15) is 0 Å². The number of hydrogen-bond donors (Lipinski definition) is 0. The average Bonchev–Trinajstić information content (AvgIpc) is 3.97. The molecule has 336 valence electrons. The second kappa shape index (κ2) is 16.0. The Kier molecular flexibility index (Phi) is 9.96. The van der Waals surface area contributed by atoms with Crippen LogP contribution in [0.3, 0.4) is 0 Å². The number of rotatable bonds is 8. The number of nitrogens with zero attached hydrogens (tertiary/aromatic N) is 2. The van der Waals surface area contributed by atoms with E-state index in [1.54, 1.807) is 0 Å². The van der Waals surface area contributed by atoms with Gasteiger partial charge >= 0.3 is 0 Å². The summed E-state index contributed by atoms with van der Waals surface area (Å²) in [5.41, 5.74) is 19.4. The van der Waals surface area contributed by atoms with Crippen molar-refractivity contribution >= 4 is 50.1 Å². The lowest BCUT2D eigenvalue weighted by Gasteiger charge is -2.41. The van der Waals surface area contributed by atoms with Crippen LogP contribution in [0.25, 0.3) is 55.7 Å². The van der Waals surface area contributed by atoms with Crippen LogP contribution in [-0.4, -0.2) is 9.13 Å². The maximum atomic E-state index is 6.59. The molecule has 1 atom stereocenters. The monoisotopic (exact) mass is 884 g/mol. The molecule has 68 heavy (non-hydrogen) atoms. The number of aryl methyl sites for hydroxylation is 1. The first-order chi connectivity index (χ1) is 33.0. The molecule has 2 aromatic heterocycles. The summed E-state index contributed by atoms with van der Waals surface area (Å²) in [6.45, 7) is 14.7. The van der Waals surface area contributed by atoms with E-state index in [1.165, 1.54) is 99.9 Å². The fraction of sp³-hybridized carbons (Fsp3) is 0.231. The van der Waals surface area contributed by atoms with Gasteiger partial charge in [0, 0.05) is 33.2 Å². The van der Waals surface area contributed by atoms with Gasteiger partial charge in [0.05, 0.1) is 22.0 Å². The van der Waals surface area contributed by atoms with E-state index >= 15 is 0 Å². The third-order valence-electron chi connectivity index (χ3n) is 15.3. The van der Waals surface area contributed by atoms with Gasteiger partial charge in [-0.2, -0.15) is 0 Å². The Morgan fingerprint density at radius 1 is 0.574 bits per heavy atom. The molecule has 9 aromatic rings. The Balaban J connectivity index is 1.00. The standard InChI is InChI=1S/C65H60N2O/c1-63(2,3)62(64(4,5)6)44-30-28-43(29-31-44)42-68-49-36-32-46(33-37-49)65(45-18-8-7-9-19-45)56-38-34-47(66-58-24-14-10-20-50(58)51-21-11-15-25-59(51)66)40-54(56)55-41-48(35-39-57(55)65)67-60-26-16-12-22-52(60)53-23-13-17-27-61(53)67/h7-12,14-22,24-33,35-37,39-41,62H,13,23,34,38,42H2,1-6H3. The Bertz CT molecular complexity index is 3440. The van der Waals surface area contributed by atoms with E-state index in [1.807, 2.05) is 0 Å². The van der Waals surface area contributed by atoms with Crippen LogP contribution in [-0.2, 0) is 18.4 Å². The lowest BCUT2D eigenvalue weighted by Crippen LogP contribution is -2.30. The molecule has 0 aliphatic heterocycles. The molecular weight excluding hydrogens is 825 g/mol. The van der Waals surface area contributed by atoms with Crippen LogP contribution in [0.2, 0.25) is 0 Å². The Hall–Kier alpha value is -7.10. The van der Waals surface area contributed by atoms with Gasteiger partial charge in [0.2, 0.25) is 0 Å². The third kappa shape index (κ3) is 6.68. The van der Waals surface area contributed by atoms with Crippen molar-refractivity contribution in [3.05, 3.63) is 232 Å². The summed E-state index contributed by atoms with van der Waals surface area (Å²) in [5, 5.41) is 3.94. The van der Waals surface area contributed by atoms with Gasteiger partial charge in [-0.15, -0.1) is 0 Å². The molecule has 3 nitrogen and oxygen atoms in total. The summed E-state index contributed by atoms with van der Waals surface area (Å²) < 4.78 is 11.6. The van der Waals surface area contributed by atoms with E-state index < -0.39 is 5.41 Å². The van der Waals surface area contributed by atoms with Crippen LogP contribution in [0.15, 0.2) is 188 Å². The van der Waals surface area contributed by atoms with E-state index in [2.05, 4.69) is 239 Å². The normalized spacial score (nSPS) is 17.0. The first-order valence-electron chi connectivity index (χ1n) is 24.7. The van der Waals surface area contributed by atoms with E-state index in [4.69, 9.17) is 4.74 Å². The minimum absolute atomic E-state index is 0.158. The molecule has 3 aliphatic carbocycles. The topological polar surface area (TPSA) is 19.1 Å². The van der Waals surface area contributed by atoms with Crippen LogP contribution in [0, 0.1) is 10.8 Å². The number of benzene rings is 7. The lowest BCUT2D eigenvalue weighted by molar-refractivity contribution is 0.176. The van der Waals surface area contributed by atoms with Crippen LogP contribution in [0.1, 0.15) is 111 Å². The van der Waals surface area contributed by atoms with Crippen molar-refractivity contribution < 1.29 is 4.74 Å². The van der Waals surface area contributed by atoms with Crippen LogP contribution in [0.5, 0.6) is 5.75 Å². The number of para-hydroxylation sites is 3. The average molecular weight is 885 g/mol. The van der Waals surface area contributed by atoms with E-state index in [0.29, 0.717) is 12.5 Å². The predicted molar refractivity (Wildman–Crippen MR) is 286 cm³/mol. The van der Waals surface area contributed by atoms with E-state index in [-0.39, 0.29) is 10.8 Å². The van der Waals surface area contributed by atoms with Gasteiger partial charge in [-0.3, -0.25) is 0 Å². The molecular formula is C65H60N2O. The largest absolute Gasteiger partial charge is 0.489 e. The summed E-state index contributed by atoms with van der Waals surface area (Å²) in [6.07, 6.45) is 11.2. The number of aromatic nitrogens is 2. The van der Waals surface area contributed by atoms with Crippen molar-refractivity contribution in [2.75, 3.05) is 0 Å². The molecule has 0 fully saturated rings. The maximum absolute atomic E-state index is 6.59. The van der Waals surface area contributed by atoms with E-state index in [0.717, 1.165) is 31.4 Å². The molecule has 2 heterocycles. The molecule has 0 saturated carbocycles. The van der Waals surface area contributed by atoms with Gasteiger partial charge in [0.1, 0.15) is 12.4 Å². The van der Waals surface area contributed by atoms with Crippen molar-refractivity contribution in [1.29, 1.82) is 0 Å². The summed E-state index contributed by atoms with van der Waals surface area (Å²) in [4.78, 5) is 0. The second-order valence-corrected chi connectivity index (χ2v) is 21.6. The highest BCUT2D eigenvalue weighted by Crippen LogP contribution is 2.59. The molecule has 0 N–H and O–H groups in total. The molecule has 0 radical (unpaired) electrons. The van der Waals surface area contributed by atoms with Crippen molar-refractivity contribution in [2.45, 2.75) is 85.2 Å². The quantitative estimate of drug-likeness (QED) is 0.149. The SMILES string of the molecule is CC(C)(C)C(c1ccc(COc2ccc(C3(c4ccccc4)C4=C(C=C(n5c6ccccc6c6ccccc65)CC4)c4cc(-n5c6c(c7ccccc75)CCC=C6)ccc43)cc2)cc1)C(C)(C)C. The molecule has 12 rings (SSSR count). The second-order valence-electron chi connectivity index (χ2n) is 21.6. The number of ether oxygens (including phenoxy) is 1.